The monoisotopic (exact) mass is 684 g/mol. The molecule has 5 heteroatoms. The van der Waals surface area contributed by atoms with Crippen LogP contribution < -0.4 is 0 Å². The molecule has 1 radical (unpaired) electrons. The van der Waals surface area contributed by atoms with E-state index in [4.69, 9.17) is 0 Å². The third kappa shape index (κ3) is 7.01. The van der Waals surface area contributed by atoms with Crippen LogP contribution in [0.15, 0.2) is 102 Å². The number of pyridine rings is 1. The Morgan fingerprint density at radius 1 is 0.676 bits per heavy atom. The van der Waals surface area contributed by atoms with Gasteiger partial charge in [0.15, 0.2) is 0 Å². The van der Waals surface area contributed by atoms with Crippen LogP contribution in [0.25, 0.3) is 33.8 Å². The predicted octanol–water partition coefficient (Wildman–Crippen LogP) is 7.54. The first-order valence-corrected chi connectivity index (χ1v) is 11.3. The van der Waals surface area contributed by atoms with E-state index in [0.717, 1.165) is 26.9 Å². The molecule has 0 bridgehead atoms. The van der Waals surface area contributed by atoms with Crippen LogP contribution in [0.5, 0.6) is 0 Å². The summed E-state index contributed by atoms with van der Waals surface area (Å²) in [5.74, 6) is 0.707. The van der Waals surface area contributed by atoms with E-state index in [1.165, 1.54) is 16.7 Å². The molecule has 0 aliphatic rings. The van der Waals surface area contributed by atoms with E-state index in [0.29, 0.717) is 5.82 Å². The fourth-order valence-corrected chi connectivity index (χ4v) is 3.68. The molecule has 0 saturated carbocycles. The molecule has 34 heavy (non-hydrogen) atoms. The Labute approximate surface area is 222 Å². The minimum atomic E-state index is 0. The second-order valence-electron chi connectivity index (χ2n) is 7.58. The molecule has 0 fully saturated rings. The van der Waals surface area contributed by atoms with Gasteiger partial charge in [-0.05, 0) is 47.1 Å². The van der Waals surface area contributed by atoms with Gasteiger partial charge in [0.1, 0.15) is 0 Å². The van der Waals surface area contributed by atoms with Crippen molar-refractivity contribution in [1.29, 1.82) is 0 Å². The van der Waals surface area contributed by atoms with Crippen LogP contribution >= 0.6 is 15.9 Å². The van der Waals surface area contributed by atoms with Crippen molar-refractivity contribution < 1.29 is 20.1 Å². The molecule has 2 heterocycles. The molecule has 171 valence electrons. The van der Waals surface area contributed by atoms with Gasteiger partial charge in [-0.3, -0.25) is 9.97 Å². The Hall–Kier alpha value is -2.98. The van der Waals surface area contributed by atoms with Crippen molar-refractivity contribution in [3.05, 3.63) is 125 Å². The Morgan fingerprint density at radius 2 is 1.41 bits per heavy atom. The van der Waals surface area contributed by atoms with Crippen molar-refractivity contribution >= 4 is 15.9 Å². The largest absolute Gasteiger partial charge is 0.304 e. The standard InChI is InChI=1S/C18H15N2.C11H7BrN.Ir/c1-13-9-14(2)11-17(10-13)15-5-3-6-16(12-15)18-19-7-4-8-20-18;12-10-6-7-11(13-8-10)9-4-2-1-3-5-9;/h3-5,7-12H,1-2H3;1-4,6-8H;/q2*-1;. The molecule has 2 aromatic heterocycles. The fraction of sp³-hybridized carbons (Fsp3) is 0.0690. The number of rotatable bonds is 3. The molecule has 5 aromatic rings. The average molecular weight is 685 g/mol. The van der Waals surface area contributed by atoms with Gasteiger partial charge in [0.25, 0.3) is 0 Å². The quantitative estimate of drug-likeness (QED) is 0.185. The van der Waals surface area contributed by atoms with Gasteiger partial charge in [0, 0.05) is 43.2 Å². The van der Waals surface area contributed by atoms with Gasteiger partial charge in [-0.1, -0.05) is 41.5 Å². The molecule has 0 aliphatic carbocycles. The molecule has 0 atom stereocenters. The molecular weight excluding hydrogens is 662 g/mol. The van der Waals surface area contributed by atoms with Crippen molar-refractivity contribution in [2.75, 3.05) is 0 Å². The summed E-state index contributed by atoms with van der Waals surface area (Å²) in [4.78, 5) is 12.8. The van der Waals surface area contributed by atoms with Gasteiger partial charge in [0.05, 0.1) is 5.82 Å². The Kier molecular flexibility index (Phi) is 9.41. The third-order valence-electron chi connectivity index (χ3n) is 4.88. The topological polar surface area (TPSA) is 38.7 Å². The van der Waals surface area contributed by atoms with E-state index in [1.54, 1.807) is 18.6 Å². The van der Waals surface area contributed by atoms with Gasteiger partial charge in [-0.15, -0.1) is 71.3 Å². The summed E-state index contributed by atoms with van der Waals surface area (Å²) >= 11 is 3.35. The summed E-state index contributed by atoms with van der Waals surface area (Å²) in [6.07, 6.45) is 5.29. The Bertz CT molecular complexity index is 1300. The van der Waals surface area contributed by atoms with Crippen LogP contribution in [0.1, 0.15) is 11.1 Å². The maximum atomic E-state index is 4.28. The van der Waals surface area contributed by atoms with Crippen LogP contribution in [0, 0.1) is 26.0 Å². The van der Waals surface area contributed by atoms with Crippen molar-refractivity contribution in [3.8, 4) is 33.8 Å². The van der Waals surface area contributed by atoms with Crippen molar-refractivity contribution in [2.45, 2.75) is 13.8 Å². The van der Waals surface area contributed by atoms with Crippen LogP contribution in [0.4, 0.5) is 0 Å². The van der Waals surface area contributed by atoms with Gasteiger partial charge in [-0.25, -0.2) is 0 Å². The molecule has 0 aliphatic heterocycles. The second kappa shape index (κ2) is 12.5. The first-order valence-electron chi connectivity index (χ1n) is 10.5. The summed E-state index contributed by atoms with van der Waals surface area (Å²) in [7, 11) is 0. The first kappa shape index (κ1) is 25.6. The molecule has 0 unspecified atom stereocenters. The van der Waals surface area contributed by atoms with Crippen LogP contribution in [0.3, 0.4) is 0 Å². The molecule has 3 nitrogen and oxygen atoms in total. The van der Waals surface area contributed by atoms with Crippen LogP contribution in [-0.2, 0) is 20.1 Å². The number of hydrogen-bond acceptors (Lipinski definition) is 3. The molecule has 0 saturated heterocycles. The number of benzene rings is 3. The molecule has 5 rings (SSSR count). The normalized spacial score (nSPS) is 9.97. The zero-order chi connectivity index (χ0) is 23.0. The summed E-state index contributed by atoms with van der Waals surface area (Å²) in [5, 5.41) is 0. The summed E-state index contributed by atoms with van der Waals surface area (Å²) in [5.41, 5.74) is 7.81. The number of aryl methyl sites for hydroxylation is 2. The third-order valence-corrected chi connectivity index (χ3v) is 5.34. The zero-order valence-electron chi connectivity index (χ0n) is 18.8. The van der Waals surface area contributed by atoms with Crippen molar-refractivity contribution in [1.82, 2.24) is 15.0 Å². The molecule has 0 spiro atoms. The molecular formula is C29H22BrIrN3-2. The van der Waals surface area contributed by atoms with Gasteiger partial charge >= 0.3 is 0 Å². The number of hydrogen-bond donors (Lipinski definition) is 0. The molecule has 3 aromatic carbocycles. The Balaban J connectivity index is 0.000000201. The SMILES string of the molecule is Brc1ccc(-c2[c-]cccc2)nc1.Cc1cc(C)cc(-c2cc[c-]c(-c3ncccn3)c2)c1.[Ir]. The van der Waals surface area contributed by atoms with Gasteiger partial charge < -0.3 is 4.98 Å². The number of aromatic nitrogens is 3. The summed E-state index contributed by atoms with van der Waals surface area (Å²) < 4.78 is 0.993. The van der Waals surface area contributed by atoms with Crippen LogP contribution in [-0.4, -0.2) is 15.0 Å². The fourth-order valence-electron chi connectivity index (χ4n) is 3.44. The van der Waals surface area contributed by atoms with E-state index >= 15 is 0 Å². The van der Waals surface area contributed by atoms with E-state index in [2.05, 4.69) is 87.2 Å². The van der Waals surface area contributed by atoms with Gasteiger partial charge in [-0.2, -0.15) is 0 Å². The zero-order valence-corrected chi connectivity index (χ0v) is 22.8. The Morgan fingerprint density at radius 3 is 2.06 bits per heavy atom. The maximum Gasteiger partial charge on any atom is 0.0748 e. The van der Waals surface area contributed by atoms with E-state index in [9.17, 15) is 0 Å². The average Bonchev–Trinajstić information content (AvgIpc) is 2.85. The minimum Gasteiger partial charge on any atom is -0.304 e. The predicted molar refractivity (Wildman–Crippen MR) is 137 cm³/mol. The number of nitrogens with zero attached hydrogens (tertiary/aromatic N) is 3. The van der Waals surface area contributed by atoms with E-state index in [-0.39, 0.29) is 20.1 Å². The second-order valence-corrected chi connectivity index (χ2v) is 8.49. The maximum absolute atomic E-state index is 4.28. The van der Waals surface area contributed by atoms with Crippen LogP contribution in [0.2, 0.25) is 0 Å². The first-order chi connectivity index (χ1) is 16.1. The van der Waals surface area contributed by atoms with Crippen molar-refractivity contribution in [2.24, 2.45) is 0 Å². The minimum absolute atomic E-state index is 0. The number of halogens is 1. The molecule has 0 amide bonds. The van der Waals surface area contributed by atoms with E-state index in [1.807, 2.05) is 48.5 Å². The summed E-state index contributed by atoms with van der Waals surface area (Å²) in [6, 6.07) is 32.5. The van der Waals surface area contributed by atoms with Gasteiger partial charge in [0.2, 0.25) is 0 Å². The van der Waals surface area contributed by atoms with Crippen molar-refractivity contribution in [3.63, 3.8) is 0 Å². The summed E-state index contributed by atoms with van der Waals surface area (Å²) in [6.45, 7) is 4.24. The smallest absolute Gasteiger partial charge is 0.0748 e. The molecule has 0 N–H and O–H groups in total. The van der Waals surface area contributed by atoms with E-state index < -0.39 is 0 Å².